The Morgan fingerprint density at radius 2 is 1.67 bits per heavy atom. The zero-order valence-corrected chi connectivity index (χ0v) is 6.27. The fourth-order valence-electron chi connectivity index (χ4n) is 1.28. The molecule has 0 heterocycles. The molecule has 0 aromatic carbocycles. The number of hydrogen-bond acceptors (Lipinski definition) is 1. The highest BCUT2D eigenvalue weighted by Crippen LogP contribution is 2.14. The van der Waals surface area contributed by atoms with Gasteiger partial charge in [0.1, 0.15) is 6.04 Å². The maximum atomic E-state index is 8.57. The third-order valence-corrected chi connectivity index (χ3v) is 1.86. The first-order valence-corrected chi connectivity index (χ1v) is 3.41. The highest BCUT2D eigenvalue weighted by Gasteiger charge is 2.14. The number of hydroxylamine groups is 1. The normalized spacial score (nSPS) is 21.0. The molecule has 0 aliphatic heterocycles. The monoisotopic (exact) mass is 151 g/mol. The van der Waals surface area contributed by atoms with E-state index in [2.05, 4.69) is 0 Å². The summed E-state index contributed by atoms with van der Waals surface area (Å²) in [5.41, 5.74) is 1.36. The minimum Gasteiger partial charge on any atom is -1.00 e. The molecule has 1 saturated carbocycles. The molecule has 0 amide bonds. The Labute approximate surface area is 62.0 Å². The number of halogens is 1. The van der Waals surface area contributed by atoms with Crippen LogP contribution < -0.4 is 17.9 Å². The zero-order chi connectivity index (χ0) is 5.82. The van der Waals surface area contributed by atoms with E-state index in [1.165, 1.54) is 37.6 Å². The standard InChI is InChI=1S/C6H13NO.ClH/c8-7-6-4-2-1-3-5-6;/h6-8H,1-5H2;1H. The van der Waals surface area contributed by atoms with Crippen molar-refractivity contribution >= 4 is 0 Å². The van der Waals surface area contributed by atoms with E-state index in [1.807, 2.05) is 0 Å². The van der Waals surface area contributed by atoms with Crippen molar-refractivity contribution in [3.05, 3.63) is 0 Å². The third kappa shape index (κ3) is 3.04. The zero-order valence-electron chi connectivity index (χ0n) is 5.52. The second-order valence-electron chi connectivity index (χ2n) is 2.55. The molecule has 0 saturated heterocycles. The second-order valence-corrected chi connectivity index (χ2v) is 2.55. The Morgan fingerprint density at radius 1 is 1.11 bits per heavy atom. The van der Waals surface area contributed by atoms with Gasteiger partial charge in [-0.3, -0.25) is 0 Å². The Bertz CT molecular complexity index is 64.1. The van der Waals surface area contributed by atoms with Gasteiger partial charge in [0.05, 0.1) is 0 Å². The average molecular weight is 152 g/mol. The Kier molecular flexibility index (Phi) is 5.15. The highest BCUT2D eigenvalue weighted by atomic mass is 35.5. The molecule has 0 atom stereocenters. The molecule has 9 heavy (non-hydrogen) atoms. The molecule has 0 radical (unpaired) electrons. The van der Waals surface area contributed by atoms with Crippen molar-refractivity contribution in [2.45, 2.75) is 38.1 Å². The molecular formula is C6H14ClNO. The molecule has 1 aliphatic rings. The van der Waals surface area contributed by atoms with Crippen LogP contribution in [-0.2, 0) is 0 Å². The fourth-order valence-corrected chi connectivity index (χ4v) is 1.28. The fraction of sp³-hybridized carbons (Fsp3) is 1.00. The van der Waals surface area contributed by atoms with Gasteiger partial charge in [-0.15, -0.1) is 0 Å². The second kappa shape index (κ2) is 5.03. The van der Waals surface area contributed by atoms with Gasteiger partial charge in [0.15, 0.2) is 0 Å². The van der Waals surface area contributed by atoms with E-state index in [1.54, 1.807) is 0 Å². The first-order valence-electron chi connectivity index (χ1n) is 3.41. The lowest BCUT2D eigenvalue weighted by Crippen LogP contribution is -3.00. The number of hydrogen-bond donors (Lipinski definition) is 2. The summed E-state index contributed by atoms with van der Waals surface area (Å²) in [4.78, 5) is 0. The van der Waals surface area contributed by atoms with Gasteiger partial charge in [-0.2, -0.15) is 0 Å². The van der Waals surface area contributed by atoms with Crippen LogP contribution in [0.2, 0.25) is 0 Å². The van der Waals surface area contributed by atoms with E-state index in [9.17, 15) is 0 Å². The molecule has 1 rings (SSSR count). The molecule has 3 N–H and O–H groups in total. The largest absolute Gasteiger partial charge is 1.00 e. The SMILES string of the molecule is O[NH2+]C1CCCCC1.[Cl-]. The van der Waals surface area contributed by atoms with Crippen LogP contribution in [0.15, 0.2) is 0 Å². The minimum atomic E-state index is 0. The van der Waals surface area contributed by atoms with Crippen LogP contribution in [0.5, 0.6) is 0 Å². The van der Waals surface area contributed by atoms with Gasteiger partial charge in [0.25, 0.3) is 0 Å². The maximum absolute atomic E-state index is 8.57. The lowest BCUT2D eigenvalue weighted by Gasteiger charge is -2.15. The molecule has 0 aromatic heterocycles. The van der Waals surface area contributed by atoms with Crippen LogP contribution in [0, 0.1) is 0 Å². The molecule has 1 aliphatic carbocycles. The van der Waals surface area contributed by atoms with E-state index >= 15 is 0 Å². The molecule has 3 heteroatoms. The van der Waals surface area contributed by atoms with Crippen molar-refractivity contribution < 1.29 is 23.1 Å². The number of nitrogens with two attached hydrogens (primary N) is 1. The van der Waals surface area contributed by atoms with Crippen LogP contribution in [0.1, 0.15) is 32.1 Å². The molecular weight excluding hydrogens is 138 g/mol. The van der Waals surface area contributed by atoms with Crippen molar-refractivity contribution in [3.8, 4) is 0 Å². The number of rotatable bonds is 1. The van der Waals surface area contributed by atoms with Gasteiger partial charge in [0.2, 0.25) is 0 Å². The summed E-state index contributed by atoms with van der Waals surface area (Å²) < 4.78 is 0. The van der Waals surface area contributed by atoms with Gasteiger partial charge in [-0.05, 0) is 12.8 Å². The average Bonchev–Trinajstić information content (AvgIpc) is 1.90. The molecule has 0 bridgehead atoms. The Morgan fingerprint density at radius 3 is 2.00 bits per heavy atom. The van der Waals surface area contributed by atoms with E-state index in [0.717, 1.165) is 0 Å². The van der Waals surface area contributed by atoms with E-state index in [4.69, 9.17) is 5.21 Å². The topological polar surface area (TPSA) is 36.8 Å². The summed E-state index contributed by atoms with van der Waals surface area (Å²) in [5, 5.41) is 8.57. The molecule has 56 valence electrons. The summed E-state index contributed by atoms with van der Waals surface area (Å²) in [6, 6.07) is 0.517. The summed E-state index contributed by atoms with van der Waals surface area (Å²) in [5.74, 6) is 0. The molecule has 0 spiro atoms. The van der Waals surface area contributed by atoms with Gasteiger partial charge >= 0.3 is 0 Å². The summed E-state index contributed by atoms with van der Waals surface area (Å²) in [6.07, 6.45) is 6.39. The lowest BCUT2D eigenvalue weighted by molar-refractivity contribution is -0.911. The van der Waals surface area contributed by atoms with Crippen molar-refractivity contribution in [1.82, 2.24) is 0 Å². The molecule has 0 aromatic rings. The van der Waals surface area contributed by atoms with Crippen LogP contribution in [-0.4, -0.2) is 11.2 Å². The van der Waals surface area contributed by atoms with Crippen molar-refractivity contribution in [3.63, 3.8) is 0 Å². The number of quaternary nitrogens is 1. The molecule has 1 fully saturated rings. The van der Waals surface area contributed by atoms with Gasteiger partial charge < -0.3 is 12.4 Å². The summed E-state index contributed by atoms with van der Waals surface area (Å²) >= 11 is 0. The minimum absolute atomic E-state index is 0. The van der Waals surface area contributed by atoms with Gasteiger partial charge in [-0.1, -0.05) is 6.42 Å². The maximum Gasteiger partial charge on any atom is 0.115 e. The predicted octanol–water partition coefficient (Wildman–Crippen LogP) is -2.72. The van der Waals surface area contributed by atoms with Crippen LogP contribution in [0.4, 0.5) is 0 Å². The van der Waals surface area contributed by atoms with Gasteiger partial charge in [0, 0.05) is 12.8 Å². The predicted molar refractivity (Wildman–Crippen MR) is 30.6 cm³/mol. The lowest BCUT2D eigenvalue weighted by atomic mass is 9.96. The molecule has 0 unspecified atom stereocenters. The van der Waals surface area contributed by atoms with E-state index in [0.29, 0.717) is 6.04 Å². The quantitative estimate of drug-likeness (QED) is 0.393. The molecule has 2 nitrogen and oxygen atoms in total. The Balaban J connectivity index is 0.000000640. The van der Waals surface area contributed by atoms with E-state index in [-0.39, 0.29) is 12.4 Å². The van der Waals surface area contributed by atoms with Crippen molar-refractivity contribution in [1.29, 1.82) is 0 Å². The van der Waals surface area contributed by atoms with Crippen LogP contribution in [0.3, 0.4) is 0 Å². The van der Waals surface area contributed by atoms with Crippen molar-refractivity contribution in [2.24, 2.45) is 0 Å². The van der Waals surface area contributed by atoms with E-state index < -0.39 is 0 Å². The van der Waals surface area contributed by atoms with Crippen LogP contribution >= 0.6 is 0 Å². The third-order valence-electron chi connectivity index (χ3n) is 1.86. The Hall–Kier alpha value is 0.210. The van der Waals surface area contributed by atoms with Crippen molar-refractivity contribution in [2.75, 3.05) is 0 Å². The first-order chi connectivity index (χ1) is 3.93. The summed E-state index contributed by atoms with van der Waals surface area (Å²) in [7, 11) is 0. The van der Waals surface area contributed by atoms with Crippen LogP contribution in [0.25, 0.3) is 0 Å². The highest BCUT2D eigenvalue weighted by molar-refractivity contribution is 4.60. The van der Waals surface area contributed by atoms with Gasteiger partial charge in [-0.25, -0.2) is 10.7 Å². The smallest absolute Gasteiger partial charge is 0.115 e. The first kappa shape index (κ1) is 9.21. The summed E-state index contributed by atoms with van der Waals surface area (Å²) in [6.45, 7) is 0.